The molecule has 0 aromatic heterocycles. The summed E-state index contributed by atoms with van der Waals surface area (Å²) in [6, 6.07) is 2.32. The molecule has 4 nitrogen and oxygen atoms in total. The summed E-state index contributed by atoms with van der Waals surface area (Å²) in [6.45, 7) is 1.55. The first-order valence-electron chi connectivity index (χ1n) is 4.98. The maximum atomic E-state index is 13.1. The zero-order valence-corrected chi connectivity index (χ0v) is 9.64. The van der Waals surface area contributed by atoms with Crippen molar-refractivity contribution in [3.63, 3.8) is 0 Å². The summed E-state index contributed by atoms with van der Waals surface area (Å²) in [4.78, 5) is 0.0540. The molecular formula is C10H13FN2O2S. The molecule has 1 aromatic rings. The van der Waals surface area contributed by atoms with Gasteiger partial charge in [-0.2, -0.15) is 0 Å². The highest BCUT2D eigenvalue weighted by atomic mass is 32.2. The Kier molecular flexibility index (Phi) is 2.63. The molecule has 16 heavy (non-hydrogen) atoms. The minimum Gasteiger partial charge on any atom is -0.396 e. The Hall–Kier alpha value is -1.14. The van der Waals surface area contributed by atoms with E-state index < -0.39 is 15.8 Å². The summed E-state index contributed by atoms with van der Waals surface area (Å²) in [5, 5.41) is 0. The van der Waals surface area contributed by atoms with E-state index in [9.17, 15) is 12.8 Å². The van der Waals surface area contributed by atoms with Crippen molar-refractivity contribution in [1.29, 1.82) is 0 Å². The van der Waals surface area contributed by atoms with Crippen molar-refractivity contribution in [3.8, 4) is 0 Å². The molecule has 1 aliphatic rings. The van der Waals surface area contributed by atoms with Crippen LogP contribution in [-0.2, 0) is 10.0 Å². The first kappa shape index (κ1) is 11.3. The van der Waals surface area contributed by atoms with Gasteiger partial charge >= 0.3 is 0 Å². The number of aryl methyl sites for hydroxylation is 1. The Morgan fingerprint density at radius 3 is 2.62 bits per heavy atom. The van der Waals surface area contributed by atoms with E-state index in [0.29, 0.717) is 5.56 Å². The van der Waals surface area contributed by atoms with Crippen LogP contribution in [0.25, 0.3) is 0 Å². The van der Waals surface area contributed by atoms with Gasteiger partial charge < -0.3 is 5.73 Å². The first-order valence-corrected chi connectivity index (χ1v) is 6.46. The molecule has 0 aliphatic heterocycles. The third-order valence-electron chi connectivity index (χ3n) is 2.48. The molecule has 0 spiro atoms. The number of halogens is 1. The number of hydrogen-bond donors (Lipinski definition) is 2. The molecule has 1 aromatic carbocycles. The highest BCUT2D eigenvalue weighted by molar-refractivity contribution is 7.89. The van der Waals surface area contributed by atoms with E-state index in [4.69, 9.17) is 5.73 Å². The fourth-order valence-electron chi connectivity index (χ4n) is 1.44. The van der Waals surface area contributed by atoms with Gasteiger partial charge in [-0.1, -0.05) is 0 Å². The molecule has 0 saturated heterocycles. The predicted octanol–water partition coefficient (Wildman–Crippen LogP) is 1.16. The van der Waals surface area contributed by atoms with Crippen LogP contribution < -0.4 is 10.5 Å². The fourth-order valence-corrected chi connectivity index (χ4v) is 3.01. The summed E-state index contributed by atoms with van der Waals surface area (Å²) >= 11 is 0. The average Bonchev–Trinajstić information content (AvgIpc) is 2.94. The van der Waals surface area contributed by atoms with Crippen LogP contribution in [0.2, 0.25) is 0 Å². The normalized spacial score (nSPS) is 16.4. The van der Waals surface area contributed by atoms with Crippen LogP contribution in [0, 0.1) is 12.7 Å². The van der Waals surface area contributed by atoms with E-state index >= 15 is 0 Å². The molecule has 0 heterocycles. The second kappa shape index (κ2) is 3.71. The number of nitrogens with one attached hydrogen (secondary N) is 1. The molecule has 1 aliphatic carbocycles. The van der Waals surface area contributed by atoms with Crippen LogP contribution in [0.15, 0.2) is 17.0 Å². The molecule has 2 rings (SSSR count). The van der Waals surface area contributed by atoms with E-state index in [1.807, 2.05) is 0 Å². The second-order valence-corrected chi connectivity index (χ2v) is 5.72. The molecule has 0 radical (unpaired) electrons. The minimum atomic E-state index is -3.56. The lowest BCUT2D eigenvalue weighted by Crippen LogP contribution is -2.26. The Labute approximate surface area is 93.7 Å². The van der Waals surface area contributed by atoms with Gasteiger partial charge in [0.1, 0.15) is 5.82 Å². The Morgan fingerprint density at radius 1 is 1.44 bits per heavy atom. The number of nitrogen functional groups attached to an aromatic ring is 1. The predicted molar refractivity (Wildman–Crippen MR) is 58.9 cm³/mol. The van der Waals surface area contributed by atoms with Crippen molar-refractivity contribution >= 4 is 15.7 Å². The third kappa shape index (κ3) is 2.17. The summed E-state index contributed by atoms with van der Waals surface area (Å²) in [5.74, 6) is -0.595. The van der Waals surface area contributed by atoms with E-state index in [0.717, 1.165) is 25.0 Å². The van der Waals surface area contributed by atoms with Crippen molar-refractivity contribution in [2.75, 3.05) is 5.73 Å². The molecule has 1 saturated carbocycles. The van der Waals surface area contributed by atoms with Gasteiger partial charge in [-0.25, -0.2) is 17.5 Å². The highest BCUT2D eigenvalue weighted by Gasteiger charge is 2.29. The Bertz CT molecular complexity index is 524. The van der Waals surface area contributed by atoms with E-state index in [1.165, 1.54) is 0 Å². The van der Waals surface area contributed by atoms with Crippen LogP contribution in [0.4, 0.5) is 10.1 Å². The van der Waals surface area contributed by atoms with Crippen molar-refractivity contribution in [2.45, 2.75) is 30.7 Å². The van der Waals surface area contributed by atoms with Crippen LogP contribution in [0.1, 0.15) is 18.4 Å². The van der Waals surface area contributed by atoms with Gasteiger partial charge in [0.05, 0.1) is 10.6 Å². The monoisotopic (exact) mass is 244 g/mol. The zero-order chi connectivity index (χ0) is 11.9. The van der Waals surface area contributed by atoms with Crippen molar-refractivity contribution in [1.82, 2.24) is 4.72 Å². The van der Waals surface area contributed by atoms with Crippen LogP contribution in [0.5, 0.6) is 0 Å². The van der Waals surface area contributed by atoms with Gasteiger partial charge in [-0.15, -0.1) is 0 Å². The topological polar surface area (TPSA) is 72.2 Å². The van der Waals surface area contributed by atoms with Gasteiger partial charge in [0.15, 0.2) is 0 Å². The molecule has 0 atom stereocenters. The summed E-state index contributed by atoms with van der Waals surface area (Å²) in [5.41, 5.74) is 5.58. The summed E-state index contributed by atoms with van der Waals surface area (Å²) in [7, 11) is -3.56. The highest BCUT2D eigenvalue weighted by Crippen LogP contribution is 2.25. The van der Waals surface area contributed by atoms with Crippen molar-refractivity contribution in [3.05, 3.63) is 23.5 Å². The van der Waals surface area contributed by atoms with Gasteiger partial charge in [0, 0.05) is 6.04 Å². The van der Waals surface area contributed by atoms with E-state index in [1.54, 1.807) is 6.92 Å². The number of benzene rings is 1. The molecule has 6 heteroatoms. The van der Waals surface area contributed by atoms with Crippen LogP contribution >= 0.6 is 0 Å². The van der Waals surface area contributed by atoms with E-state index in [2.05, 4.69) is 4.72 Å². The molecule has 88 valence electrons. The van der Waals surface area contributed by atoms with Crippen LogP contribution in [-0.4, -0.2) is 14.5 Å². The second-order valence-electron chi connectivity index (χ2n) is 4.03. The smallest absolute Gasteiger partial charge is 0.241 e. The Balaban J connectivity index is 2.42. The molecular weight excluding hydrogens is 231 g/mol. The number of rotatable bonds is 3. The van der Waals surface area contributed by atoms with Crippen molar-refractivity contribution in [2.24, 2.45) is 0 Å². The van der Waals surface area contributed by atoms with Gasteiger partial charge in [0.25, 0.3) is 0 Å². The standard InChI is InChI=1S/C10H13FN2O2S/c1-6-4-8(11)9(12)5-10(6)16(14,15)13-7-2-3-7/h4-5,7,13H,2-3,12H2,1H3. The van der Waals surface area contributed by atoms with E-state index in [-0.39, 0.29) is 16.6 Å². The fraction of sp³-hybridized carbons (Fsp3) is 0.400. The first-order chi connectivity index (χ1) is 7.40. The lowest BCUT2D eigenvalue weighted by atomic mass is 10.2. The largest absolute Gasteiger partial charge is 0.396 e. The molecule has 1 fully saturated rings. The maximum absolute atomic E-state index is 13.1. The third-order valence-corrected chi connectivity index (χ3v) is 4.15. The quantitative estimate of drug-likeness (QED) is 0.784. The van der Waals surface area contributed by atoms with Crippen LogP contribution in [0.3, 0.4) is 0 Å². The summed E-state index contributed by atoms with van der Waals surface area (Å²) < 4.78 is 39.4. The molecule has 0 unspecified atom stereocenters. The van der Waals surface area contributed by atoms with Gasteiger partial charge in [-0.05, 0) is 37.5 Å². The van der Waals surface area contributed by atoms with Gasteiger partial charge in [-0.3, -0.25) is 0 Å². The number of hydrogen-bond acceptors (Lipinski definition) is 3. The number of anilines is 1. The SMILES string of the molecule is Cc1cc(F)c(N)cc1S(=O)(=O)NC1CC1. The Morgan fingerprint density at radius 2 is 2.06 bits per heavy atom. The molecule has 3 N–H and O–H groups in total. The van der Waals surface area contributed by atoms with Crippen molar-refractivity contribution < 1.29 is 12.8 Å². The average molecular weight is 244 g/mol. The molecule has 0 bridgehead atoms. The zero-order valence-electron chi connectivity index (χ0n) is 8.83. The minimum absolute atomic E-state index is 0.0238. The lowest BCUT2D eigenvalue weighted by Gasteiger charge is -2.09. The number of nitrogens with two attached hydrogens (primary N) is 1. The summed E-state index contributed by atoms with van der Waals surface area (Å²) in [6.07, 6.45) is 1.71. The molecule has 0 amide bonds. The van der Waals surface area contributed by atoms with Gasteiger partial charge in [0.2, 0.25) is 10.0 Å². The lowest BCUT2D eigenvalue weighted by molar-refractivity contribution is 0.579. The number of sulfonamides is 1. The maximum Gasteiger partial charge on any atom is 0.241 e.